The van der Waals surface area contributed by atoms with Crippen LogP contribution in [0.5, 0.6) is 0 Å². The summed E-state index contributed by atoms with van der Waals surface area (Å²) in [6.07, 6.45) is 1.37. The van der Waals surface area contributed by atoms with Gasteiger partial charge in [0.2, 0.25) is 0 Å². The molecule has 0 radical (unpaired) electrons. The van der Waals surface area contributed by atoms with Crippen molar-refractivity contribution >= 4 is 27.3 Å². The van der Waals surface area contributed by atoms with Crippen molar-refractivity contribution in [2.45, 2.75) is 32.7 Å². The van der Waals surface area contributed by atoms with Crippen molar-refractivity contribution in [1.29, 1.82) is 0 Å². The van der Waals surface area contributed by atoms with Crippen molar-refractivity contribution in [3.05, 3.63) is 49.9 Å². The van der Waals surface area contributed by atoms with Gasteiger partial charge in [0.05, 0.1) is 9.48 Å². The number of rotatable bonds is 6. The highest BCUT2D eigenvalue weighted by Crippen LogP contribution is 2.29. The van der Waals surface area contributed by atoms with Crippen molar-refractivity contribution in [2.75, 3.05) is 6.54 Å². The number of nitrogens with one attached hydrogen (secondary N) is 1. The molecule has 0 aliphatic heterocycles. The molecule has 1 atom stereocenters. The average Bonchev–Trinajstić information content (AvgIpc) is 2.86. The molecule has 0 fully saturated rings. The molecule has 0 aliphatic carbocycles. The third-order valence-electron chi connectivity index (χ3n) is 3.11. The first-order chi connectivity index (χ1) is 10.0. The molecular formula is C15H17BrF2N2S. The second-order valence-electron chi connectivity index (χ2n) is 4.85. The largest absolute Gasteiger partial charge is 0.309 e. The molecular weight excluding hydrogens is 358 g/mol. The zero-order valence-corrected chi connectivity index (χ0v) is 14.3. The molecule has 1 aromatic carbocycles. The van der Waals surface area contributed by atoms with Crippen LogP contribution in [-0.2, 0) is 6.42 Å². The Balaban J connectivity index is 2.33. The van der Waals surface area contributed by atoms with E-state index in [4.69, 9.17) is 0 Å². The number of hydrogen-bond donors (Lipinski definition) is 1. The Bertz CT molecular complexity index is 616. The highest BCUT2D eigenvalue weighted by atomic mass is 79.9. The molecule has 1 unspecified atom stereocenters. The molecule has 0 aliphatic rings. The lowest BCUT2D eigenvalue weighted by molar-refractivity contribution is 0.462. The van der Waals surface area contributed by atoms with Crippen LogP contribution in [0.4, 0.5) is 8.78 Å². The molecule has 0 bridgehead atoms. The smallest absolute Gasteiger partial charge is 0.145 e. The van der Waals surface area contributed by atoms with E-state index in [0.717, 1.165) is 17.1 Å². The van der Waals surface area contributed by atoms with Crippen LogP contribution in [-0.4, -0.2) is 11.5 Å². The topological polar surface area (TPSA) is 24.9 Å². The summed E-state index contributed by atoms with van der Waals surface area (Å²) >= 11 is 4.64. The van der Waals surface area contributed by atoms with Crippen LogP contribution in [0.15, 0.2) is 22.0 Å². The van der Waals surface area contributed by atoms with Crippen molar-refractivity contribution in [1.82, 2.24) is 10.3 Å². The lowest BCUT2D eigenvalue weighted by Crippen LogP contribution is -2.26. The summed E-state index contributed by atoms with van der Waals surface area (Å²) in [5.74, 6) is -1.07. The summed E-state index contributed by atoms with van der Waals surface area (Å²) in [5.41, 5.74) is 1.00. The van der Waals surface area contributed by atoms with Gasteiger partial charge in [0.25, 0.3) is 0 Å². The van der Waals surface area contributed by atoms with Gasteiger partial charge in [-0.05, 0) is 48.0 Å². The Hall–Kier alpha value is -0.850. The van der Waals surface area contributed by atoms with Gasteiger partial charge < -0.3 is 5.32 Å². The number of halogens is 3. The fourth-order valence-electron chi connectivity index (χ4n) is 2.13. The minimum Gasteiger partial charge on any atom is -0.309 e. The number of hydrogen-bond acceptors (Lipinski definition) is 3. The molecule has 114 valence electrons. The number of benzene rings is 1. The monoisotopic (exact) mass is 374 g/mol. The van der Waals surface area contributed by atoms with Gasteiger partial charge in [-0.25, -0.2) is 13.8 Å². The molecule has 0 saturated carbocycles. The van der Waals surface area contributed by atoms with Crippen LogP contribution in [0.2, 0.25) is 0 Å². The molecule has 0 amide bonds. The van der Waals surface area contributed by atoms with E-state index in [-0.39, 0.29) is 10.0 Å². The van der Waals surface area contributed by atoms with Crippen LogP contribution in [0, 0.1) is 18.6 Å². The maximum absolute atomic E-state index is 14.3. The molecule has 1 aromatic heterocycles. The zero-order chi connectivity index (χ0) is 15.4. The maximum Gasteiger partial charge on any atom is 0.145 e. The van der Waals surface area contributed by atoms with E-state index in [9.17, 15) is 8.78 Å². The first-order valence-electron chi connectivity index (χ1n) is 6.80. The van der Waals surface area contributed by atoms with E-state index in [1.54, 1.807) is 0 Å². The minimum atomic E-state index is -0.545. The Morgan fingerprint density at radius 3 is 2.76 bits per heavy atom. The average molecular weight is 375 g/mol. The summed E-state index contributed by atoms with van der Waals surface area (Å²) in [6, 6.07) is 2.25. The Kier molecular flexibility index (Phi) is 5.84. The molecule has 1 N–H and O–H groups in total. The normalized spacial score (nSPS) is 12.6. The van der Waals surface area contributed by atoms with Crippen LogP contribution in [0.3, 0.4) is 0 Å². The molecule has 2 aromatic rings. The first-order valence-corrected chi connectivity index (χ1v) is 8.48. The van der Waals surface area contributed by atoms with E-state index in [0.29, 0.717) is 13.0 Å². The second-order valence-corrected chi connectivity index (χ2v) is 6.65. The van der Waals surface area contributed by atoms with Crippen molar-refractivity contribution in [3.63, 3.8) is 0 Å². The molecule has 1 heterocycles. The van der Waals surface area contributed by atoms with Crippen molar-refractivity contribution in [2.24, 2.45) is 0 Å². The van der Waals surface area contributed by atoms with Crippen LogP contribution in [0.1, 0.15) is 35.7 Å². The Labute approximate surface area is 135 Å². The Morgan fingerprint density at radius 1 is 1.38 bits per heavy atom. The van der Waals surface area contributed by atoms with Crippen LogP contribution < -0.4 is 5.32 Å². The number of aryl methyl sites for hydroxylation is 1. The number of thiazole rings is 1. The SMILES string of the molecule is CCCNC(Cc1nc(C)cs1)c1c(F)ccc(Br)c1F. The van der Waals surface area contributed by atoms with Gasteiger partial charge >= 0.3 is 0 Å². The standard InChI is InChI=1S/C15H17BrF2N2S/c1-3-6-19-12(7-13-20-9(2)8-21-13)14-11(17)5-4-10(16)15(14)18/h4-5,8,12,19H,3,6-7H2,1-2H3. The van der Waals surface area contributed by atoms with Gasteiger partial charge in [-0.3, -0.25) is 0 Å². The maximum atomic E-state index is 14.3. The van der Waals surface area contributed by atoms with Gasteiger partial charge in [0, 0.05) is 29.1 Å². The molecule has 2 rings (SSSR count). The van der Waals surface area contributed by atoms with Gasteiger partial charge in [-0.2, -0.15) is 0 Å². The van der Waals surface area contributed by atoms with Crippen LogP contribution in [0.25, 0.3) is 0 Å². The summed E-state index contributed by atoms with van der Waals surface area (Å²) in [6.45, 7) is 4.63. The lowest BCUT2D eigenvalue weighted by Gasteiger charge is -2.19. The van der Waals surface area contributed by atoms with Gasteiger partial charge in [0.1, 0.15) is 11.6 Å². The Morgan fingerprint density at radius 2 is 2.14 bits per heavy atom. The van der Waals surface area contributed by atoms with Gasteiger partial charge in [-0.15, -0.1) is 11.3 Å². The number of aromatic nitrogens is 1. The highest BCUT2D eigenvalue weighted by molar-refractivity contribution is 9.10. The van der Waals surface area contributed by atoms with Crippen LogP contribution >= 0.6 is 27.3 Å². The number of nitrogens with zero attached hydrogens (tertiary/aromatic N) is 1. The molecule has 21 heavy (non-hydrogen) atoms. The third-order valence-corrected chi connectivity index (χ3v) is 4.72. The van der Waals surface area contributed by atoms with E-state index in [1.807, 2.05) is 19.2 Å². The van der Waals surface area contributed by atoms with Gasteiger partial charge in [-0.1, -0.05) is 6.92 Å². The molecule has 0 saturated heterocycles. The predicted molar refractivity (Wildman–Crippen MR) is 85.6 cm³/mol. The zero-order valence-electron chi connectivity index (χ0n) is 11.9. The fourth-order valence-corrected chi connectivity index (χ4v) is 3.29. The van der Waals surface area contributed by atoms with Gasteiger partial charge in [0.15, 0.2) is 0 Å². The quantitative estimate of drug-likeness (QED) is 0.736. The highest BCUT2D eigenvalue weighted by Gasteiger charge is 2.23. The molecule has 0 spiro atoms. The fraction of sp³-hybridized carbons (Fsp3) is 0.400. The third kappa shape index (κ3) is 4.08. The predicted octanol–water partition coefficient (Wildman–Crippen LogP) is 4.78. The van der Waals surface area contributed by atoms with Crippen molar-refractivity contribution < 1.29 is 8.78 Å². The first kappa shape index (κ1) is 16.5. The molecule has 6 heteroatoms. The summed E-state index contributed by atoms with van der Waals surface area (Å²) < 4.78 is 28.7. The van der Waals surface area contributed by atoms with Crippen molar-refractivity contribution in [3.8, 4) is 0 Å². The van der Waals surface area contributed by atoms with E-state index < -0.39 is 17.7 Å². The lowest BCUT2D eigenvalue weighted by atomic mass is 10.0. The summed E-state index contributed by atoms with van der Waals surface area (Å²) in [5, 5.41) is 6.04. The van der Waals surface area contributed by atoms with E-state index in [2.05, 4.69) is 26.2 Å². The summed E-state index contributed by atoms with van der Waals surface area (Å²) in [7, 11) is 0. The minimum absolute atomic E-state index is 0.0747. The van der Waals surface area contributed by atoms with E-state index >= 15 is 0 Å². The van der Waals surface area contributed by atoms with E-state index in [1.165, 1.54) is 23.5 Å². The second kappa shape index (κ2) is 7.42. The molecule has 2 nitrogen and oxygen atoms in total. The summed E-state index contributed by atoms with van der Waals surface area (Å²) in [4.78, 5) is 4.39.